The maximum absolute atomic E-state index is 13.1. The molecule has 6 heteroatoms. The maximum atomic E-state index is 13.1. The first-order valence-electron chi connectivity index (χ1n) is 5.89. The number of methoxy groups -OCH3 is 1. The summed E-state index contributed by atoms with van der Waals surface area (Å²) < 4.78 is 19.0. The van der Waals surface area contributed by atoms with Crippen molar-refractivity contribution >= 4 is 5.97 Å². The minimum Gasteiger partial charge on any atom is -0.464 e. The number of esters is 1. The van der Waals surface area contributed by atoms with E-state index in [-0.39, 0.29) is 11.5 Å². The van der Waals surface area contributed by atoms with Crippen LogP contribution in [0.1, 0.15) is 21.6 Å². The average Bonchev–Trinajstić information content (AvgIpc) is 2.41. The van der Waals surface area contributed by atoms with Gasteiger partial charge in [-0.05, 0) is 37.6 Å². The van der Waals surface area contributed by atoms with Gasteiger partial charge in [-0.15, -0.1) is 0 Å². The number of hydrogen-bond acceptors (Lipinski definition) is 4. The Morgan fingerprint density at radius 2 is 2.00 bits per heavy atom. The molecule has 0 bridgehead atoms. The van der Waals surface area contributed by atoms with Gasteiger partial charge in [-0.25, -0.2) is 13.9 Å². The summed E-state index contributed by atoms with van der Waals surface area (Å²) in [5.74, 6) is -1.16. The van der Waals surface area contributed by atoms with E-state index in [0.717, 1.165) is 0 Å². The van der Waals surface area contributed by atoms with E-state index in [2.05, 4.69) is 9.84 Å². The molecule has 0 fully saturated rings. The number of hydrogen-bond donors (Lipinski definition) is 0. The number of aryl methyl sites for hydroxylation is 2. The first-order valence-corrected chi connectivity index (χ1v) is 5.89. The fourth-order valence-corrected chi connectivity index (χ4v) is 1.84. The summed E-state index contributed by atoms with van der Waals surface area (Å²) in [4.78, 5) is 23.4. The molecule has 2 aromatic rings. The highest BCUT2D eigenvalue weighted by molar-refractivity contribution is 5.87. The normalized spacial score (nSPS) is 10.4. The second kappa shape index (κ2) is 5.24. The lowest BCUT2D eigenvalue weighted by atomic mass is 10.2. The quantitative estimate of drug-likeness (QED) is 0.784. The van der Waals surface area contributed by atoms with Crippen molar-refractivity contribution in [1.82, 2.24) is 9.78 Å². The van der Waals surface area contributed by atoms with Crippen molar-refractivity contribution in [3.8, 4) is 5.69 Å². The smallest absolute Gasteiger partial charge is 0.362 e. The van der Waals surface area contributed by atoms with Crippen LogP contribution in [0.25, 0.3) is 5.69 Å². The largest absolute Gasteiger partial charge is 0.464 e. The Balaban J connectivity index is 2.67. The van der Waals surface area contributed by atoms with Crippen LogP contribution in [0.15, 0.2) is 29.2 Å². The van der Waals surface area contributed by atoms with E-state index in [9.17, 15) is 14.0 Å². The minimum absolute atomic E-state index is 0.295. The fraction of sp³-hybridized carbons (Fsp3) is 0.214. The van der Waals surface area contributed by atoms with Crippen molar-refractivity contribution in [2.24, 2.45) is 0 Å². The van der Waals surface area contributed by atoms with Crippen LogP contribution in [0.2, 0.25) is 0 Å². The molecule has 104 valence electrons. The lowest BCUT2D eigenvalue weighted by Crippen LogP contribution is -2.24. The number of ether oxygens (including phenoxy) is 1. The van der Waals surface area contributed by atoms with E-state index in [4.69, 9.17) is 0 Å². The first kappa shape index (κ1) is 13.9. The lowest BCUT2D eigenvalue weighted by Gasteiger charge is -2.11. The third kappa shape index (κ3) is 2.45. The van der Waals surface area contributed by atoms with Crippen LogP contribution in [0.5, 0.6) is 0 Å². The predicted octanol–water partition coefficient (Wildman–Crippen LogP) is 1.78. The van der Waals surface area contributed by atoms with E-state index in [1.165, 1.54) is 36.2 Å². The Morgan fingerprint density at radius 3 is 2.60 bits per heavy atom. The molecule has 0 spiro atoms. The Morgan fingerprint density at radius 1 is 1.30 bits per heavy atom. The highest BCUT2D eigenvalue weighted by atomic mass is 19.1. The Labute approximate surface area is 114 Å². The van der Waals surface area contributed by atoms with Gasteiger partial charge in [0.2, 0.25) is 11.1 Å². The van der Waals surface area contributed by atoms with Crippen LogP contribution >= 0.6 is 0 Å². The third-order valence-electron chi connectivity index (χ3n) is 2.88. The average molecular weight is 276 g/mol. The van der Waals surface area contributed by atoms with Gasteiger partial charge >= 0.3 is 5.97 Å². The third-order valence-corrected chi connectivity index (χ3v) is 2.88. The van der Waals surface area contributed by atoms with Crippen molar-refractivity contribution in [2.45, 2.75) is 13.8 Å². The number of benzene rings is 1. The van der Waals surface area contributed by atoms with Crippen LogP contribution in [0.4, 0.5) is 4.39 Å². The van der Waals surface area contributed by atoms with E-state index in [1.807, 2.05) is 0 Å². The van der Waals surface area contributed by atoms with Gasteiger partial charge in [0.05, 0.1) is 12.8 Å². The molecule has 0 unspecified atom stereocenters. The molecular formula is C14H13FN2O3. The molecule has 20 heavy (non-hydrogen) atoms. The molecule has 0 amide bonds. The van der Waals surface area contributed by atoms with Crippen LogP contribution in [-0.4, -0.2) is 22.9 Å². The number of nitrogens with zero attached hydrogens (tertiary/aromatic N) is 2. The zero-order valence-corrected chi connectivity index (χ0v) is 11.3. The predicted molar refractivity (Wildman–Crippen MR) is 70.6 cm³/mol. The van der Waals surface area contributed by atoms with Crippen LogP contribution < -0.4 is 5.43 Å². The summed E-state index contributed by atoms with van der Waals surface area (Å²) in [6.45, 7) is 3.29. The Kier molecular flexibility index (Phi) is 3.65. The fourth-order valence-electron chi connectivity index (χ4n) is 1.84. The molecule has 1 aromatic carbocycles. The second-order valence-corrected chi connectivity index (χ2v) is 4.36. The summed E-state index contributed by atoms with van der Waals surface area (Å²) in [6, 6.07) is 4.17. The van der Waals surface area contributed by atoms with Gasteiger partial charge in [0.1, 0.15) is 5.82 Å². The standard InChI is InChI=1S/C14H13FN2O3/c1-8-6-10(15)4-5-11(8)17-7-9(2)13(18)12(16-17)14(19)20-3/h4-7H,1-3H3. The molecule has 0 saturated heterocycles. The summed E-state index contributed by atoms with van der Waals surface area (Å²) >= 11 is 0. The second-order valence-electron chi connectivity index (χ2n) is 4.36. The van der Waals surface area contributed by atoms with E-state index in [1.54, 1.807) is 13.8 Å². The van der Waals surface area contributed by atoms with Gasteiger partial charge < -0.3 is 4.74 Å². The van der Waals surface area contributed by atoms with Crippen LogP contribution in [0.3, 0.4) is 0 Å². The van der Waals surface area contributed by atoms with Crippen molar-refractivity contribution < 1.29 is 13.9 Å². The molecule has 2 rings (SSSR count). The van der Waals surface area contributed by atoms with Crippen molar-refractivity contribution in [3.05, 3.63) is 57.3 Å². The zero-order chi connectivity index (χ0) is 14.9. The molecule has 1 heterocycles. The van der Waals surface area contributed by atoms with Crippen LogP contribution in [-0.2, 0) is 4.74 Å². The summed E-state index contributed by atoms with van der Waals surface area (Å²) in [5, 5.41) is 3.97. The van der Waals surface area contributed by atoms with Gasteiger partial charge in [-0.2, -0.15) is 5.10 Å². The highest BCUT2D eigenvalue weighted by Crippen LogP contribution is 2.14. The number of halogens is 1. The number of rotatable bonds is 2. The van der Waals surface area contributed by atoms with E-state index in [0.29, 0.717) is 16.8 Å². The van der Waals surface area contributed by atoms with Gasteiger partial charge in [-0.1, -0.05) is 0 Å². The number of carbonyl (C=O) groups is 1. The summed E-state index contributed by atoms with van der Waals surface area (Å²) in [6.07, 6.45) is 1.50. The molecule has 1 aromatic heterocycles. The highest BCUT2D eigenvalue weighted by Gasteiger charge is 2.16. The molecule has 5 nitrogen and oxygen atoms in total. The van der Waals surface area contributed by atoms with Gasteiger partial charge in [0.15, 0.2) is 0 Å². The van der Waals surface area contributed by atoms with Crippen molar-refractivity contribution in [1.29, 1.82) is 0 Å². The lowest BCUT2D eigenvalue weighted by molar-refractivity contribution is 0.0590. The summed E-state index contributed by atoms with van der Waals surface area (Å²) in [7, 11) is 1.18. The molecular weight excluding hydrogens is 263 g/mol. The van der Waals surface area contributed by atoms with E-state index < -0.39 is 11.4 Å². The van der Waals surface area contributed by atoms with Crippen LogP contribution in [0, 0.1) is 19.7 Å². The minimum atomic E-state index is -0.799. The van der Waals surface area contributed by atoms with Crippen molar-refractivity contribution in [2.75, 3.05) is 7.11 Å². The first-order chi connectivity index (χ1) is 9.43. The monoisotopic (exact) mass is 276 g/mol. The van der Waals surface area contributed by atoms with Gasteiger partial charge in [0.25, 0.3) is 0 Å². The zero-order valence-electron chi connectivity index (χ0n) is 11.3. The van der Waals surface area contributed by atoms with E-state index >= 15 is 0 Å². The Bertz CT molecular complexity index is 738. The maximum Gasteiger partial charge on any atom is 0.362 e. The van der Waals surface area contributed by atoms with Gasteiger partial charge in [-0.3, -0.25) is 4.79 Å². The molecule has 0 saturated carbocycles. The molecule has 0 aliphatic rings. The number of carbonyl (C=O) groups excluding carboxylic acids is 1. The molecule has 0 N–H and O–H groups in total. The van der Waals surface area contributed by atoms with Crippen molar-refractivity contribution in [3.63, 3.8) is 0 Å². The molecule has 0 aliphatic heterocycles. The summed E-state index contributed by atoms with van der Waals surface area (Å²) in [5.41, 5.74) is 0.796. The number of aromatic nitrogens is 2. The Hall–Kier alpha value is -2.50. The molecule has 0 aliphatic carbocycles. The van der Waals surface area contributed by atoms with Gasteiger partial charge in [0, 0.05) is 11.8 Å². The topological polar surface area (TPSA) is 61.2 Å². The molecule has 0 radical (unpaired) electrons. The molecule has 0 atom stereocenters. The SMILES string of the molecule is COC(=O)c1nn(-c2ccc(F)cc2C)cc(C)c1=O.